The topological polar surface area (TPSA) is 39.1 Å². The van der Waals surface area contributed by atoms with Gasteiger partial charge in [-0.15, -0.1) is 17.9 Å². The Morgan fingerprint density at radius 3 is 3.10 bits per heavy atom. The van der Waals surface area contributed by atoms with E-state index in [1.807, 2.05) is 25.3 Å². The van der Waals surface area contributed by atoms with E-state index < -0.39 is 0 Å². The van der Waals surface area contributed by atoms with Crippen LogP contribution in [0.15, 0.2) is 42.4 Å². The highest BCUT2D eigenvalue weighted by Gasteiger charge is 2.12. The number of anilines is 1. The summed E-state index contributed by atoms with van der Waals surface area (Å²) in [6, 6.07) is 6.11. The molecule has 4 nitrogen and oxygen atoms in total. The lowest BCUT2D eigenvalue weighted by Crippen LogP contribution is -1.96. The molecule has 0 atom stereocenters. The molecule has 0 aliphatic carbocycles. The van der Waals surface area contributed by atoms with Crippen LogP contribution in [0.2, 0.25) is 0 Å². The third kappa shape index (κ3) is 2.52. The molecule has 0 saturated carbocycles. The van der Waals surface area contributed by atoms with Crippen molar-refractivity contribution in [3.63, 3.8) is 0 Å². The molecule has 3 rings (SSSR count). The molecule has 108 valence electrons. The van der Waals surface area contributed by atoms with Crippen molar-refractivity contribution in [3.05, 3.63) is 42.4 Å². The fourth-order valence-corrected chi connectivity index (χ4v) is 3.05. The standard InChI is InChI=1S/C16H17N3OS/c1-4-7-17-16-18-14(10-21-16)13-9-19(2)15-8-11(20-3)5-6-12(13)15/h4-6,8-10H,1,7H2,2-3H3,(H,17,18). The van der Waals surface area contributed by atoms with Gasteiger partial charge in [-0.05, 0) is 12.1 Å². The number of rotatable bonds is 5. The SMILES string of the molecule is C=CCNc1nc(-c2cn(C)c3cc(OC)ccc23)cs1. The van der Waals surface area contributed by atoms with Gasteiger partial charge in [0, 0.05) is 42.2 Å². The molecule has 3 aromatic rings. The Morgan fingerprint density at radius 2 is 2.33 bits per heavy atom. The Kier molecular flexibility index (Phi) is 3.66. The van der Waals surface area contributed by atoms with Gasteiger partial charge in [0.05, 0.1) is 18.3 Å². The predicted octanol–water partition coefficient (Wildman–Crippen LogP) is 3.91. The third-order valence-corrected chi connectivity index (χ3v) is 4.18. The lowest BCUT2D eigenvalue weighted by molar-refractivity contribution is 0.415. The molecule has 5 heteroatoms. The minimum Gasteiger partial charge on any atom is -0.497 e. The van der Waals surface area contributed by atoms with Crippen LogP contribution in [0, 0.1) is 0 Å². The number of aryl methyl sites for hydroxylation is 1. The minimum absolute atomic E-state index is 0.722. The second kappa shape index (κ2) is 5.61. The Morgan fingerprint density at radius 1 is 1.48 bits per heavy atom. The summed E-state index contributed by atoms with van der Waals surface area (Å²) in [6.07, 6.45) is 3.93. The van der Waals surface area contributed by atoms with E-state index in [1.165, 1.54) is 5.39 Å². The summed E-state index contributed by atoms with van der Waals surface area (Å²) in [6.45, 7) is 4.42. The van der Waals surface area contributed by atoms with E-state index in [9.17, 15) is 0 Å². The first kappa shape index (κ1) is 13.7. The first-order chi connectivity index (χ1) is 10.2. The van der Waals surface area contributed by atoms with E-state index in [-0.39, 0.29) is 0 Å². The molecule has 0 fully saturated rings. The van der Waals surface area contributed by atoms with Crippen molar-refractivity contribution < 1.29 is 4.74 Å². The van der Waals surface area contributed by atoms with Crippen LogP contribution in [0.25, 0.3) is 22.2 Å². The van der Waals surface area contributed by atoms with Crippen LogP contribution in [0.1, 0.15) is 0 Å². The summed E-state index contributed by atoms with van der Waals surface area (Å²) in [5.41, 5.74) is 3.26. The molecule has 1 N–H and O–H groups in total. The largest absolute Gasteiger partial charge is 0.497 e. The Hall–Kier alpha value is -2.27. The highest BCUT2D eigenvalue weighted by atomic mass is 32.1. The van der Waals surface area contributed by atoms with Gasteiger partial charge in [0.1, 0.15) is 5.75 Å². The second-order valence-corrected chi connectivity index (χ2v) is 5.60. The molecule has 2 aromatic heterocycles. The molecule has 0 aliphatic heterocycles. The zero-order valence-corrected chi connectivity index (χ0v) is 12.9. The van der Waals surface area contributed by atoms with Gasteiger partial charge >= 0.3 is 0 Å². The molecule has 0 radical (unpaired) electrons. The lowest BCUT2D eigenvalue weighted by Gasteiger charge is -2.01. The van der Waals surface area contributed by atoms with E-state index in [1.54, 1.807) is 18.4 Å². The molecule has 21 heavy (non-hydrogen) atoms. The smallest absolute Gasteiger partial charge is 0.183 e. The average molecular weight is 299 g/mol. The fraction of sp³-hybridized carbons (Fsp3) is 0.188. The van der Waals surface area contributed by atoms with Gasteiger partial charge in [0.2, 0.25) is 0 Å². The maximum absolute atomic E-state index is 5.29. The van der Waals surface area contributed by atoms with Crippen molar-refractivity contribution in [2.45, 2.75) is 0 Å². The van der Waals surface area contributed by atoms with Crippen LogP contribution >= 0.6 is 11.3 Å². The van der Waals surface area contributed by atoms with Crippen molar-refractivity contribution in [3.8, 4) is 17.0 Å². The van der Waals surface area contributed by atoms with Crippen molar-refractivity contribution in [1.29, 1.82) is 0 Å². The molecular formula is C16H17N3OS. The van der Waals surface area contributed by atoms with E-state index >= 15 is 0 Å². The van der Waals surface area contributed by atoms with E-state index in [2.05, 4.69) is 39.1 Å². The van der Waals surface area contributed by atoms with Gasteiger partial charge in [0.15, 0.2) is 5.13 Å². The summed E-state index contributed by atoms with van der Waals surface area (Å²) in [5, 5.41) is 7.39. The van der Waals surface area contributed by atoms with Crippen LogP contribution in [0.3, 0.4) is 0 Å². The molecule has 0 bridgehead atoms. The third-order valence-electron chi connectivity index (χ3n) is 3.38. The Balaban J connectivity index is 2.04. The summed E-state index contributed by atoms with van der Waals surface area (Å²) >= 11 is 1.61. The maximum atomic E-state index is 5.29. The maximum Gasteiger partial charge on any atom is 0.183 e. The minimum atomic E-state index is 0.722. The van der Waals surface area contributed by atoms with Crippen LogP contribution in [-0.4, -0.2) is 23.2 Å². The number of thiazole rings is 1. The molecule has 0 amide bonds. The number of hydrogen-bond donors (Lipinski definition) is 1. The quantitative estimate of drug-likeness (QED) is 0.726. The van der Waals surface area contributed by atoms with Crippen molar-refractivity contribution >= 4 is 27.4 Å². The van der Waals surface area contributed by atoms with Gasteiger partial charge in [-0.2, -0.15) is 0 Å². The van der Waals surface area contributed by atoms with E-state index in [4.69, 9.17) is 4.74 Å². The van der Waals surface area contributed by atoms with Crippen LogP contribution in [0.5, 0.6) is 5.75 Å². The van der Waals surface area contributed by atoms with Crippen molar-refractivity contribution in [1.82, 2.24) is 9.55 Å². The monoisotopic (exact) mass is 299 g/mol. The van der Waals surface area contributed by atoms with Crippen LogP contribution in [0.4, 0.5) is 5.13 Å². The number of fused-ring (bicyclic) bond motifs is 1. The van der Waals surface area contributed by atoms with Crippen molar-refractivity contribution in [2.24, 2.45) is 7.05 Å². The number of aromatic nitrogens is 2. The van der Waals surface area contributed by atoms with Crippen LogP contribution < -0.4 is 10.1 Å². The zero-order valence-electron chi connectivity index (χ0n) is 12.1. The van der Waals surface area contributed by atoms with Gasteiger partial charge in [-0.3, -0.25) is 0 Å². The number of methoxy groups -OCH3 is 1. The number of nitrogens with zero attached hydrogens (tertiary/aromatic N) is 2. The summed E-state index contributed by atoms with van der Waals surface area (Å²) in [5.74, 6) is 0.863. The van der Waals surface area contributed by atoms with E-state index in [0.717, 1.165) is 34.2 Å². The highest BCUT2D eigenvalue weighted by Crippen LogP contribution is 2.33. The number of hydrogen-bond acceptors (Lipinski definition) is 4. The number of ether oxygens (including phenoxy) is 1. The summed E-state index contributed by atoms with van der Waals surface area (Å²) in [7, 11) is 3.72. The van der Waals surface area contributed by atoms with Gasteiger partial charge in [-0.1, -0.05) is 6.08 Å². The molecular weight excluding hydrogens is 282 g/mol. The van der Waals surface area contributed by atoms with Crippen molar-refractivity contribution in [2.75, 3.05) is 19.0 Å². The molecule has 0 aliphatic rings. The Bertz CT molecular complexity index is 788. The molecule has 0 unspecified atom stereocenters. The van der Waals surface area contributed by atoms with Crippen LogP contribution in [-0.2, 0) is 7.05 Å². The first-order valence-electron chi connectivity index (χ1n) is 6.66. The van der Waals surface area contributed by atoms with Gasteiger partial charge in [0.25, 0.3) is 0 Å². The normalized spacial score (nSPS) is 10.8. The summed E-state index contributed by atoms with van der Waals surface area (Å²) in [4.78, 5) is 4.64. The number of nitrogens with one attached hydrogen (secondary N) is 1. The lowest BCUT2D eigenvalue weighted by atomic mass is 10.1. The molecule has 1 aromatic carbocycles. The first-order valence-corrected chi connectivity index (χ1v) is 7.54. The van der Waals surface area contributed by atoms with E-state index in [0.29, 0.717) is 0 Å². The average Bonchev–Trinajstić information content (AvgIpc) is 3.10. The molecule has 2 heterocycles. The molecule has 0 saturated heterocycles. The second-order valence-electron chi connectivity index (χ2n) is 4.74. The molecule has 0 spiro atoms. The zero-order chi connectivity index (χ0) is 14.8. The Labute approximate surface area is 127 Å². The summed E-state index contributed by atoms with van der Waals surface area (Å²) < 4.78 is 7.39. The highest BCUT2D eigenvalue weighted by molar-refractivity contribution is 7.14. The predicted molar refractivity (Wildman–Crippen MR) is 89.3 cm³/mol. The number of benzene rings is 1. The van der Waals surface area contributed by atoms with Gasteiger partial charge < -0.3 is 14.6 Å². The fourth-order valence-electron chi connectivity index (χ4n) is 2.33. The van der Waals surface area contributed by atoms with Gasteiger partial charge in [-0.25, -0.2) is 4.98 Å².